The molecule has 0 aliphatic heterocycles. The zero-order valence-corrected chi connectivity index (χ0v) is 14.9. The molecule has 2 bridgehead atoms. The van der Waals surface area contributed by atoms with Crippen LogP contribution in [0.4, 0.5) is 0 Å². The molecule has 5 atom stereocenters. The summed E-state index contributed by atoms with van der Waals surface area (Å²) >= 11 is 50.4. The molecule has 0 aromatic carbocycles. The van der Waals surface area contributed by atoms with Gasteiger partial charge in [-0.3, -0.25) is 0 Å². The molecule has 0 radical (unpaired) electrons. The SMILES string of the molecule is ClCC1(C(Cl)Cl)C2[C@H](Cl)[C@@H](Cl)C1(CCl)[C@H](Cl)[C@H]2Cl. The number of fused-ring (bicyclic) bond motifs is 2. The third-order valence-electron chi connectivity index (χ3n) is 4.52. The third kappa shape index (κ3) is 1.67. The molecule has 18 heavy (non-hydrogen) atoms. The largest absolute Gasteiger partial charge is 0.126 e. The van der Waals surface area contributed by atoms with Crippen LogP contribution in [0.2, 0.25) is 0 Å². The average Bonchev–Trinajstić information content (AvgIpc) is 2.66. The molecule has 2 aliphatic carbocycles. The van der Waals surface area contributed by atoms with Crippen LogP contribution in [0.15, 0.2) is 0 Å². The monoisotopic (exact) mass is 410 g/mol. The lowest BCUT2D eigenvalue weighted by Gasteiger charge is -2.45. The number of rotatable bonds is 3. The van der Waals surface area contributed by atoms with E-state index in [0.717, 1.165) is 0 Å². The van der Waals surface area contributed by atoms with E-state index in [2.05, 4.69) is 0 Å². The Morgan fingerprint density at radius 2 is 1.28 bits per heavy atom. The maximum atomic E-state index is 6.45. The smallest absolute Gasteiger partial charge is 0.115 e. The van der Waals surface area contributed by atoms with Gasteiger partial charge in [0.2, 0.25) is 0 Å². The van der Waals surface area contributed by atoms with Crippen LogP contribution in [0.5, 0.6) is 0 Å². The Morgan fingerprint density at radius 3 is 1.50 bits per heavy atom. The first-order valence-electron chi connectivity index (χ1n) is 5.29. The molecule has 0 aromatic rings. The fourth-order valence-corrected chi connectivity index (χ4v) is 8.37. The van der Waals surface area contributed by atoms with Crippen molar-refractivity contribution in [3.63, 3.8) is 0 Å². The van der Waals surface area contributed by atoms with Crippen LogP contribution in [0.25, 0.3) is 0 Å². The van der Waals surface area contributed by atoms with Crippen molar-refractivity contribution in [1.82, 2.24) is 0 Å². The molecule has 0 nitrogen and oxygen atoms in total. The summed E-state index contributed by atoms with van der Waals surface area (Å²) in [6.45, 7) is 0. The average molecular weight is 414 g/mol. The van der Waals surface area contributed by atoms with E-state index in [9.17, 15) is 0 Å². The van der Waals surface area contributed by atoms with Crippen molar-refractivity contribution in [2.24, 2.45) is 16.7 Å². The van der Waals surface area contributed by atoms with Gasteiger partial charge in [0, 0.05) is 28.5 Å². The Labute approximate surface area is 146 Å². The van der Waals surface area contributed by atoms with Crippen LogP contribution in [0.3, 0.4) is 0 Å². The van der Waals surface area contributed by atoms with Gasteiger partial charge in [0.1, 0.15) is 4.84 Å². The summed E-state index contributed by atoms with van der Waals surface area (Å²) in [7, 11) is 0. The molecule has 0 amide bonds. The van der Waals surface area contributed by atoms with E-state index in [1.807, 2.05) is 0 Å². The first kappa shape index (κ1) is 16.7. The molecule has 0 spiro atoms. The summed E-state index contributed by atoms with van der Waals surface area (Å²) in [4.78, 5) is -0.784. The van der Waals surface area contributed by atoms with E-state index in [4.69, 9.17) is 92.8 Å². The molecular weight excluding hydrogens is 404 g/mol. The van der Waals surface area contributed by atoms with Crippen LogP contribution in [0.1, 0.15) is 0 Å². The molecule has 2 aliphatic rings. The highest BCUT2D eigenvalue weighted by molar-refractivity contribution is 6.46. The van der Waals surface area contributed by atoms with Crippen molar-refractivity contribution in [2.45, 2.75) is 26.3 Å². The van der Waals surface area contributed by atoms with Gasteiger partial charge in [-0.1, -0.05) is 0 Å². The molecule has 2 saturated carbocycles. The second-order valence-electron chi connectivity index (χ2n) is 4.87. The number of halogens is 8. The van der Waals surface area contributed by atoms with E-state index < -0.39 is 37.2 Å². The number of hydrogen-bond donors (Lipinski definition) is 0. The molecule has 1 unspecified atom stereocenters. The lowest BCUT2D eigenvalue weighted by atomic mass is 9.70. The summed E-state index contributed by atoms with van der Waals surface area (Å²) in [6.07, 6.45) is 0. The fraction of sp³-hybridized carbons (Fsp3) is 1.00. The molecule has 0 aromatic heterocycles. The summed E-state index contributed by atoms with van der Waals surface area (Å²) in [6, 6.07) is 0. The number of hydrogen-bond acceptors (Lipinski definition) is 0. The molecule has 2 rings (SSSR count). The van der Waals surface area contributed by atoms with Crippen LogP contribution in [-0.2, 0) is 0 Å². The van der Waals surface area contributed by atoms with Crippen LogP contribution < -0.4 is 0 Å². The predicted molar refractivity (Wildman–Crippen MR) is 83.9 cm³/mol. The lowest BCUT2D eigenvalue weighted by molar-refractivity contribution is 0.158. The second-order valence-corrected chi connectivity index (χ2v) is 8.45. The van der Waals surface area contributed by atoms with E-state index in [0.29, 0.717) is 0 Å². The van der Waals surface area contributed by atoms with Gasteiger partial charge in [0.05, 0.1) is 21.5 Å². The Hall–Kier alpha value is 2.32. The van der Waals surface area contributed by atoms with Crippen molar-refractivity contribution in [2.75, 3.05) is 11.8 Å². The highest BCUT2D eigenvalue weighted by atomic mass is 35.5. The zero-order chi connectivity index (χ0) is 13.9. The van der Waals surface area contributed by atoms with Gasteiger partial charge >= 0.3 is 0 Å². The highest BCUT2D eigenvalue weighted by Gasteiger charge is 2.79. The first-order chi connectivity index (χ1) is 8.32. The molecular formula is C10H10Cl8. The molecule has 0 N–H and O–H groups in total. The van der Waals surface area contributed by atoms with Gasteiger partial charge in [-0.25, -0.2) is 0 Å². The Kier molecular flexibility index (Phi) is 5.10. The fourth-order valence-electron chi connectivity index (χ4n) is 3.54. The van der Waals surface area contributed by atoms with Gasteiger partial charge in [-0.05, 0) is 0 Å². The minimum Gasteiger partial charge on any atom is -0.126 e. The summed E-state index contributed by atoms with van der Waals surface area (Å²) in [5, 5.41) is -1.72. The van der Waals surface area contributed by atoms with E-state index in [-0.39, 0.29) is 17.7 Å². The normalized spacial score (nSPS) is 55.5. The van der Waals surface area contributed by atoms with Crippen LogP contribution in [0, 0.1) is 16.7 Å². The molecule has 2 fully saturated rings. The van der Waals surface area contributed by atoms with Crippen molar-refractivity contribution >= 4 is 92.8 Å². The van der Waals surface area contributed by atoms with E-state index >= 15 is 0 Å². The van der Waals surface area contributed by atoms with Gasteiger partial charge in [0.25, 0.3) is 0 Å². The first-order valence-corrected chi connectivity index (χ1v) is 8.98. The summed E-state index contributed by atoms with van der Waals surface area (Å²) < 4.78 is 0. The van der Waals surface area contributed by atoms with Crippen LogP contribution in [-0.4, -0.2) is 38.1 Å². The molecule has 106 valence electrons. The Morgan fingerprint density at radius 1 is 0.833 bits per heavy atom. The quantitative estimate of drug-likeness (QED) is 0.550. The standard InChI is InChI=1S/C10H10Cl8/c11-1-9(8(17)18)3-4(13)6(15)10(9,2-12)7(16)5(3)14/h3-8H,1-2H2/t3?,4-,5-,6+,7+,9?,10?/m0/s1. The highest BCUT2D eigenvalue weighted by Crippen LogP contribution is 2.74. The summed E-state index contributed by atoms with van der Waals surface area (Å²) in [5.74, 6) is 0.0732. The van der Waals surface area contributed by atoms with Gasteiger partial charge in [-0.2, -0.15) is 0 Å². The Bertz CT molecular complexity index is 314. The number of alkyl halides is 8. The van der Waals surface area contributed by atoms with Gasteiger partial charge in [-0.15, -0.1) is 92.8 Å². The maximum Gasteiger partial charge on any atom is 0.115 e. The summed E-state index contributed by atoms with van der Waals surface area (Å²) in [5.41, 5.74) is -1.53. The second kappa shape index (κ2) is 5.51. The van der Waals surface area contributed by atoms with Crippen molar-refractivity contribution < 1.29 is 0 Å². The topological polar surface area (TPSA) is 0 Å². The predicted octanol–water partition coefficient (Wildman–Crippen LogP) is 5.31. The molecule has 8 heteroatoms. The molecule has 0 heterocycles. The van der Waals surface area contributed by atoms with Crippen LogP contribution >= 0.6 is 92.8 Å². The van der Waals surface area contributed by atoms with E-state index in [1.165, 1.54) is 0 Å². The Balaban J connectivity index is 2.66. The van der Waals surface area contributed by atoms with E-state index in [1.54, 1.807) is 0 Å². The third-order valence-corrected chi connectivity index (χ3v) is 8.81. The maximum absolute atomic E-state index is 6.45. The lowest BCUT2D eigenvalue weighted by Crippen LogP contribution is -2.52. The minimum absolute atomic E-state index is 0.168. The van der Waals surface area contributed by atoms with Gasteiger partial charge < -0.3 is 0 Å². The zero-order valence-electron chi connectivity index (χ0n) is 8.90. The molecule has 0 saturated heterocycles. The van der Waals surface area contributed by atoms with Crippen molar-refractivity contribution in [1.29, 1.82) is 0 Å². The van der Waals surface area contributed by atoms with Gasteiger partial charge in [0.15, 0.2) is 0 Å². The van der Waals surface area contributed by atoms with Crippen molar-refractivity contribution in [3.05, 3.63) is 0 Å². The minimum atomic E-state index is -0.784. The van der Waals surface area contributed by atoms with Crippen molar-refractivity contribution in [3.8, 4) is 0 Å².